The summed E-state index contributed by atoms with van der Waals surface area (Å²) < 4.78 is 27.0. The molecule has 140 valence electrons. The zero-order valence-electron chi connectivity index (χ0n) is 14.7. The zero-order chi connectivity index (χ0) is 18.8. The maximum Gasteiger partial charge on any atom is 0.225 e. The molecule has 1 atom stereocenters. The van der Waals surface area contributed by atoms with Crippen LogP contribution in [0.1, 0.15) is 31.1 Å². The maximum atomic E-state index is 13.6. The van der Waals surface area contributed by atoms with Crippen molar-refractivity contribution in [3.8, 4) is 0 Å². The number of para-hydroxylation sites is 1. The Labute approximate surface area is 155 Å². The number of hydrogen-bond donors (Lipinski definition) is 2. The molecule has 1 fully saturated rings. The molecule has 0 unspecified atom stereocenters. The van der Waals surface area contributed by atoms with Crippen molar-refractivity contribution in [1.29, 1.82) is 0 Å². The Kier molecular flexibility index (Phi) is 4.85. The van der Waals surface area contributed by atoms with Gasteiger partial charge in [-0.15, -0.1) is 0 Å². The Hall–Kier alpha value is -2.80. The molecule has 0 saturated carbocycles. The van der Waals surface area contributed by atoms with Gasteiger partial charge in [0.2, 0.25) is 5.91 Å². The van der Waals surface area contributed by atoms with E-state index in [1.807, 2.05) is 0 Å². The maximum absolute atomic E-state index is 13.6. The molecule has 1 aliphatic rings. The molecular weight excluding hydrogens is 350 g/mol. The van der Waals surface area contributed by atoms with Crippen LogP contribution < -0.4 is 5.32 Å². The van der Waals surface area contributed by atoms with Gasteiger partial charge in [0.15, 0.2) is 0 Å². The van der Waals surface area contributed by atoms with Gasteiger partial charge < -0.3 is 10.3 Å². The van der Waals surface area contributed by atoms with Crippen LogP contribution in [0.15, 0.2) is 42.5 Å². The van der Waals surface area contributed by atoms with E-state index in [0.29, 0.717) is 12.1 Å². The molecule has 27 heavy (non-hydrogen) atoms. The molecule has 2 N–H and O–H groups in total. The molecule has 4 rings (SSSR count). The first-order chi connectivity index (χ1) is 13.1. The SMILES string of the molecule is O=C(CCN1CCC[C@H]1c1nc2ccc(F)cc2[nH]1)Nc1ccccc1F. The van der Waals surface area contributed by atoms with Gasteiger partial charge in [-0.1, -0.05) is 12.1 Å². The molecule has 1 aliphatic heterocycles. The highest BCUT2D eigenvalue weighted by Crippen LogP contribution is 2.31. The number of likely N-dealkylation sites (tertiary alicyclic amines) is 1. The quantitative estimate of drug-likeness (QED) is 0.713. The average Bonchev–Trinajstić information content (AvgIpc) is 3.27. The average molecular weight is 370 g/mol. The van der Waals surface area contributed by atoms with Crippen LogP contribution in [0.2, 0.25) is 0 Å². The molecule has 0 bridgehead atoms. The molecular formula is C20H20F2N4O. The van der Waals surface area contributed by atoms with E-state index >= 15 is 0 Å². The second kappa shape index (κ2) is 7.44. The second-order valence-corrected chi connectivity index (χ2v) is 6.76. The molecule has 2 heterocycles. The molecule has 1 amide bonds. The van der Waals surface area contributed by atoms with Gasteiger partial charge in [-0.2, -0.15) is 0 Å². The van der Waals surface area contributed by atoms with Crippen LogP contribution in [0.25, 0.3) is 11.0 Å². The second-order valence-electron chi connectivity index (χ2n) is 6.76. The lowest BCUT2D eigenvalue weighted by Crippen LogP contribution is -2.28. The summed E-state index contributed by atoms with van der Waals surface area (Å²) in [6.07, 6.45) is 2.20. The smallest absolute Gasteiger partial charge is 0.225 e. The molecule has 1 aromatic heterocycles. The van der Waals surface area contributed by atoms with Crippen molar-refractivity contribution < 1.29 is 13.6 Å². The molecule has 3 aromatic rings. The fourth-order valence-electron chi connectivity index (χ4n) is 3.58. The largest absolute Gasteiger partial charge is 0.341 e. The summed E-state index contributed by atoms with van der Waals surface area (Å²) in [5.41, 5.74) is 1.60. The first-order valence-electron chi connectivity index (χ1n) is 9.04. The van der Waals surface area contributed by atoms with Crippen LogP contribution >= 0.6 is 0 Å². The lowest BCUT2D eigenvalue weighted by molar-refractivity contribution is -0.116. The fourth-order valence-corrected chi connectivity index (χ4v) is 3.58. The van der Waals surface area contributed by atoms with Gasteiger partial charge in [0, 0.05) is 13.0 Å². The standard InChI is InChI=1S/C20H20F2N4O/c21-13-7-8-16-17(12-13)25-20(24-16)18-6-3-10-26(18)11-9-19(27)23-15-5-2-1-4-14(15)22/h1-2,4-5,7-8,12,18H,3,6,9-11H2,(H,23,27)(H,24,25)/t18-/m0/s1. The number of halogens is 2. The normalized spacial score (nSPS) is 17.5. The van der Waals surface area contributed by atoms with E-state index in [0.717, 1.165) is 30.7 Å². The number of H-pyrrole nitrogens is 1. The number of benzene rings is 2. The molecule has 7 heteroatoms. The highest BCUT2D eigenvalue weighted by atomic mass is 19.1. The van der Waals surface area contributed by atoms with Crippen molar-refractivity contribution in [2.45, 2.75) is 25.3 Å². The number of nitrogens with one attached hydrogen (secondary N) is 2. The first kappa shape index (κ1) is 17.6. The van der Waals surface area contributed by atoms with Crippen molar-refractivity contribution in [2.24, 2.45) is 0 Å². The van der Waals surface area contributed by atoms with Crippen LogP contribution in [0.5, 0.6) is 0 Å². The number of aromatic nitrogens is 2. The van der Waals surface area contributed by atoms with Crippen molar-refractivity contribution in [3.63, 3.8) is 0 Å². The Morgan fingerprint density at radius 2 is 2.11 bits per heavy atom. The third-order valence-electron chi connectivity index (χ3n) is 4.92. The predicted octanol–water partition coefficient (Wildman–Crippen LogP) is 4.01. The zero-order valence-corrected chi connectivity index (χ0v) is 14.7. The number of rotatable bonds is 5. The minimum Gasteiger partial charge on any atom is -0.341 e. The number of hydrogen-bond acceptors (Lipinski definition) is 3. The summed E-state index contributed by atoms with van der Waals surface area (Å²) in [7, 11) is 0. The first-order valence-corrected chi connectivity index (χ1v) is 9.04. The number of imidazole rings is 1. The Balaban J connectivity index is 1.40. The van der Waals surface area contributed by atoms with Crippen LogP contribution in [0.3, 0.4) is 0 Å². The Bertz CT molecular complexity index is 972. The van der Waals surface area contributed by atoms with Gasteiger partial charge in [-0.3, -0.25) is 9.69 Å². The number of nitrogens with zero attached hydrogens (tertiary/aromatic N) is 2. The summed E-state index contributed by atoms with van der Waals surface area (Å²) in [5, 5.41) is 2.61. The van der Waals surface area contributed by atoms with Gasteiger partial charge in [0.05, 0.1) is 22.8 Å². The van der Waals surface area contributed by atoms with Crippen molar-refractivity contribution in [3.05, 3.63) is 59.9 Å². The molecule has 0 aliphatic carbocycles. The Morgan fingerprint density at radius 1 is 1.26 bits per heavy atom. The molecule has 0 radical (unpaired) electrons. The summed E-state index contributed by atoms with van der Waals surface area (Å²) in [5.74, 6) is -0.176. The topological polar surface area (TPSA) is 61.0 Å². The lowest BCUT2D eigenvalue weighted by Gasteiger charge is -2.22. The van der Waals surface area contributed by atoms with E-state index in [2.05, 4.69) is 20.2 Å². The molecule has 0 spiro atoms. The van der Waals surface area contributed by atoms with E-state index in [4.69, 9.17) is 0 Å². The van der Waals surface area contributed by atoms with Gasteiger partial charge in [-0.25, -0.2) is 13.8 Å². The number of aromatic amines is 1. The van der Waals surface area contributed by atoms with Gasteiger partial charge in [0.1, 0.15) is 17.5 Å². The summed E-state index contributed by atoms with van der Waals surface area (Å²) >= 11 is 0. The third kappa shape index (κ3) is 3.83. The van der Waals surface area contributed by atoms with Gasteiger partial charge in [0.25, 0.3) is 0 Å². The van der Waals surface area contributed by atoms with Crippen LogP contribution in [-0.4, -0.2) is 33.9 Å². The van der Waals surface area contributed by atoms with E-state index in [9.17, 15) is 13.6 Å². The van der Waals surface area contributed by atoms with Gasteiger partial charge >= 0.3 is 0 Å². The van der Waals surface area contributed by atoms with Gasteiger partial charge in [-0.05, 0) is 49.7 Å². The van der Waals surface area contributed by atoms with E-state index in [1.54, 1.807) is 24.3 Å². The predicted molar refractivity (Wildman–Crippen MR) is 99.2 cm³/mol. The van der Waals surface area contributed by atoms with Crippen LogP contribution in [-0.2, 0) is 4.79 Å². The van der Waals surface area contributed by atoms with Crippen molar-refractivity contribution >= 4 is 22.6 Å². The number of fused-ring (bicyclic) bond motifs is 1. The number of carbonyl (C=O) groups excluding carboxylic acids is 1. The van der Waals surface area contributed by atoms with E-state index in [1.165, 1.54) is 18.2 Å². The minimum absolute atomic E-state index is 0.0710. The monoisotopic (exact) mass is 370 g/mol. The van der Waals surface area contributed by atoms with Crippen LogP contribution in [0, 0.1) is 11.6 Å². The van der Waals surface area contributed by atoms with Crippen LogP contribution in [0.4, 0.5) is 14.5 Å². The van der Waals surface area contributed by atoms with E-state index < -0.39 is 5.82 Å². The number of carbonyl (C=O) groups is 1. The third-order valence-corrected chi connectivity index (χ3v) is 4.92. The molecule has 1 saturated heterocycles. The summed E-state index contributed by atoms with van der Waals surface area (Å²) in [4.78, 5) is 22.1. The highest BCUT2D eigenvalue weighted by molar-refractivity contribution is 5.90. The summed E-state index contributed by atoms with van der Waals surface area (Å²) in [6.45, 7) is 1.42. The van der Waals surface area contributed by atoms with Crippen molar-refractivity contribution in [2.75, 3.05) is 18.4 Å². The summed E-state index contributed by atoms with van der Waals surface area (Å²) in [6, 6.07) is 10.7. The lowest BCUT2D eigenvalue weighted by atomic mass is 10.2. The fraction of sp³-hybridized carbons (Fsp3) is 0.300. The highest BCUT2D eigenvalue weighted by Gasteiger charge is 2.28. The molecule has 5 nitrogen and oxygen atoms in total. The number of amides is 1. The number of anilines is 1. The van der Waals surface area contributed by atoms with Crippen molar-refractivity contribution in [1.82, 2.24) is 14.9 Å². The Morgan fingerprint density at radius 3 is 2.96 bits per heavy atom. The minimum atomic E-state index is -0.445. The van der Waals surface area contributed by atoms with E-state index in [-0.39, 0.29) is 29.9 Å². The molecule has 2 aromatic carbocycles.